The van der Waals surface area contributed by atoms with Gasteiger partial charge in [-0.2, -0.15) is 5.21 Å². The van der Waals surface area contributed by atoms with Crippen LogP contribution in [0.25, 0.3) is 0 Å². The van der Waals surface area contributed by atoms with Gasteiger partial charge in [-0.1, -0.05) is 18.2 Å². The molecule has 2 aromatic rings. The van der Waals surface area contributed by atoms with Gasteiger partial charge in [-0.25, -0.2) is 12.7 Å². The molecule has 0 aliphatic heterocycles. The fourth-order valence-electron chi connectivity index (χ4n) is 2.83. The molecule has 1 aromatic heterocycles. The Morgan fingerprint density at radius 3 is 2.82 bits per heavy atom. The molecule has 0 radical (unpaired) electrons. The summed E-state index contributed by atoms with van der Waals surface area (Å²) in [7, 11) is -1.92. The number of aromatic nitrogens is 4. The van der Waals surface area contributed by atoms with Gasteiger partial charge in [-0.3, -0.25) is 0 Å². The Kier molecular flexibility index (Phi) is 3.96. The molecule has 7 nitrogen and oxygen atoms in total. The van der Waals surface area contributed by atoms with Crippen molar-refractivity contribution >= 4 is 10.0 Å². The van der Waals surface area contributed by atoms with Crippen molar-refractivity contribution in [2.45, 2.75) is 37.0 Å². The van der Waals surface area contributed by atoms with E-state index < -0.39 is 10.0 Å². The van der Waals surface area contributed by atoms with Crippen molar-refractivity contribution in [1.82, 2.24) is 24.9 Å². The van der Waals surface area contributed by atoms with Gasteiger partial charge in [0.15, 0.2) is 5.82 Å². The van der Waals surface area contributed by atoms with E-state index in [1.807, 2.05) is 19.1 Å². The van der Waals surface area contributed by atoms with Crippen LogP contribution in [-0.2, 0) is 22.9 Å². The molecule has 3 rings (SSSR count). The van der Waals surface area contributed by atoms with Gasteiger partial charge in [0.2, 0.25) is 10.0 Å². The van der Waals surface area contributed by atoms with E-state index in [2.05, 4.69) is 20.6 Å². The van der Waals surface area contributed by atoms with E-state index in [9.17, 15) is 8.42 Å². The van der Waals surface area contributed by atoms with Gasteiger partial charge in [0.05, 0.1) is 4.90 Å². The summed E-state index contributed by atoms with van der Waals surface area (Å²) in [4.78, 5) is 0.357. The van der Waals surface area contributed by atoms with E-state index in [0.717, 1.165) is 24.8 Å². The van der Waals surface area contributed by atoms with Crippen LogP contribution in [-0.4, -0.2) is 46.9 Å². The molecule has 1 N–H and O–H groups in total. The second-order valence-electron chi connectivity index (χ2n) is 5.74. The van der Waals surface area contributed by atoms with Crippen molar-refractivity contribution in [1.29, 1.82) is 0 Å². The van der Waals surface area contributed by atoms with Gasteiger partial charge in [-0.05, 0) is 42.5 Å². The van der Waals surface area contributed by atoms with Gasteiger partial charge in [-0.15, -0.1) is 10.2 Å². The van der Waals surface area contributed by atoms with Crippen LogP contribution < -0.4 is 0 Å². The molecule has 1 aromatic carbocycles. The number of nitrogens with one attached hydrogen (secondary N) is 1. The lowest BCUT2D eigenvalue weighted by Gasteiger charge is -2.20. The van der Waals surface area contributed by atoms with E-state index in [1.165, 1.54) is 9.87 Å². The van der Waals surface area contributed by atoms with Crippen LogP contribution in [0.3, 0.4) is 0 Å². The average Bonchev–Trinajstić information content (AvgIpc) is 3.17. The highest BCUT2D eigenvalue weighted by atomic mass is 32.2. The molecule has 22 heavy (non-hydrogen) atoms. The topological polar surface area (TPSA) is 91.8 Å². The lowest BCUT2D eigenvalue weighted by atomic mass is 10.1. The van der Waals surface area contributed by atoms with Crippen molar-refractivity contribution in [2.75, 3.05) is 13.6 Å². The third-order valence-corrected chi connectivity index (χ3v) is 5.93. The predicted octanol–water partition coefficient (Wildman–Crippen LogP) is 1.11. The Morgan fingerprint density at radius 1 is 1.32 bits per heavy atom. The van der Waals surface area contributed by atoms with E-state index >= 15 is 0 Å². The third-order valence-electron chi connectivity index (χ3n) is 4.11. The molecule has 0 saturated heterocycles. The standard InChI is InChI=1S/C14H19N5O2S/c1-10(14-15-17-18-16-14)9-19(2)22(20,21)13-7-6-11-4-3-5-12(11)8-13/h6-8,10H,3-5,9H2,1-2H3,(H,15,16,17,18)/t10-/m1/s1. The second-order valence-corrected chi connectivity index (χ2v) is 7.79. The molecule has 0 saturated carbocycles. The molecule has 1 heterocycles. The zero-order valence-electron chi connectivity index (χ0n) is 12.7. The first-order valence-electron chi connectivity index (χ1n) is 7.30. The predicted molar refractivity (Wildman–Crippen MR) is 80.9 cm³/mol. The minimum absolute atomic E-state index is 0.132. The van der Waals surface area contributed by atoms with Crippen molar-refractivity contribution in [3.63, 3.8) is 0 Å². The van der Waals surface area contributed by atoms with Gasteiger partial charge >= 0.3 is 0 Å². The summed E-state index contributed by atoms with van der Waals surface area (Å²) in [5.74, 6) is 0.379. The third kappa shape index (κ3) is 2.76. The number of hydrogen-bond donors (Lipinski definition) is 1. The maximum absolute atomic E-state index is 12.7. The Bertz CT molecular complexity index is 758. The Balaban J connectivity index is 1.80. The lowest BCUT2D eigenvalue weighted by molar-refractivity contribution is 0.439. The molecule has 0 bridgehead atoms. The van der Waals surface area contributed by atoms with Crippen molar-refractivity contribution in [3.8, 4) is 0 Å². The summed E-state index contributed by atoms with van der Waals surface area (Å²) in [5, 5.41) is 13.7. The number of rotatable bonds is 5. The number of nitrogens with zero attached hydrogens (tertiary/aromatic N) is 4. The normalized spacial score (nSPS) is 16.0. The van der Waals surface area contributed by atoms with Crippen molar-refractivity contribution in [2.24, 2.45) is 0 Å². The fourth-order valence-corrected chi connectivity index (χ4v) is 4.14. The number of aryl methyl sites for hydroxylation is 2. The highest BCUT2D eigenvalue weighted by molar-refractivity contribution is 7.89. The average molecular weight is 321 g/mol. The molecule has 1 aliphatic carbocycles. The fraction of sp³-hybridized carbons (Fsp3) is 0.500. The summed E-state index contributed by atoms with van der Waals surface area (Å²) in [6.07, 6.45) is 3.10. The van der Waals surface area contributed by atoms with E-state index in [-0.39, 0.29) is 5.92 Å². The number of benzene rings is 1. The van der Waals surface area contributed by atoms with E-state index in [0.29, 0.717) is 17.3 Å². The van der Waals surface area contributed by atoms with Crippen LogP contribution >= 0.6 is 0 Å². The minimum Gasteiger partial charge on any atom is -0.207 e. The van der Waals surface area contributed by atoms with Gasteiger partial charge in [0, 0.05) is 19.5 Å². The summed E-state index contributed by atoms with van der Waals surface area (Å²) in [5.41, 5.74) is 2.42. The van der Waals surface area contributed by atoms with Crippen molar-refractivity contribution < 1.29 is 8.42 Å². The molecule has 0 spiro atoms. The molecule has 1 atom stereocenters. The molecule has 0 amide bonds. The summed E-state index contributed by atoms with van der Waals surface area (Å²) in [6.45, 7) is 2.18. The number of aromatic amines is 1. The zero-order valence-corrected chi connectivity index (χ0v) is 13.5. The molecule has 0 unspecified atom stereocenters. The first-order chi connectivity index (χ1) is 10.5. The summed E-state index contributed by atoms with van der Waals surface area (Å²) >= 11 is 0. The van der Waals surface area contributed by atoms with Crippen LogP contribution in [0.15, 0.2) is 23.1 Å². The number of likely N-dealkylation sites (N-methyl/N-ethyl adjacent to an activating group) is 1. The van der Waals surface area contributed by atoms with Crippen LogP contribution in [0.1, 0.15) is 36.2 Å². The lowest BCUT2D eigenvalue weighted by Crippen LogP contribution is -2.31. The Morgan fingerprint density at radius 2 is 2.09 bits per heavy atom. The molecule has 0 fully saturated rings. The molecular formula is C14H19N5O2S. The summed E-state index contributed by atoms with van der Waals surface area (Å²) < 4.78 is 26.7. The van der Waals surface area contributed by atoms with Crippen LogP contribution in [0.2, 0.25) is 0 Å². The summed E-state index contributed by atoms with van der Waals surface area (Å²) in [6, 6.07) is 5.45. The van der Waals surface area contributed by atoms with E-state index in [4.69, 9.17) is 0 Å². The second kappa shape index (κ2) is 5.77. The number of sulfonamides is 1. The van der Waals surface area contributed by atoms with E-state index in [1.54, 1.807) is 13.1 Å². The SMILES string of the molecule is C[C@H](CN(C)S(=O)(=O)c1ccc2c(c1)CCC2)c1nn[nH]n1. The quantitative estimate of drug-likeness (QED) is 0.890. The number of fused-ring (bicyclic) bond motifs is 1. The smallest absolute Gasteiger partial charge is 0.207 e. The number of H-pyrrole nitrogens is 1. The molecule has 8 heteroatoms. The molecular weight excluding hydrogens is 302 g/mol. The van der Waals surface area contributed by atoms with Gasteiger partial charge in [0.1, 0.15) is 0 Å². The number of tetrazole rings is 1. The number of hydrogen-bond acceptors (Lipinski definition) is 5. The maximum atomic E-state index is 12.7. The minimum atomic E-state index is -3.50. The zero-order chi connectivity index (χ0) is 15.7. The van der Waals surface area contributed by atoms with Crippen molar-refractivity contribution in [3.05, 3.63) is 35.2 Å². The highest BCUT2D eigenvalue weighted by Gasteiger charge is 2.25. The largest absolute Gasteiger partial charge is 0.242 e. The highest BCUT2D eigenvalue weighted by Crippen LogP contribution is 2.26. The van der Waals surface area contributed by atoms with Gasteiger partial charge < -0.3 is 0 Å². The Hall–Kier alpha value is -1.80. The molecule has 118 valence electrons. The van der Waals surface area contributed by atoms with Crippen LogP contribution in [0.5, 0.6) is 0 Å². The Labute approximate surface area is 129 Å². The van der Waals surface area contributed by atoms with Crippen LogP contribution in [0.4, 0.5) is 0 Å². The monoisotopic (exact) mass is 321 g/mol. The molecule has 1 aliphatic rings. The van der Waals surface area contributed by atoms with Gasteiger partial charge in [0.25, 0.3) is 0 Å². The van der Waals surface area contributed by atoms with Crippen LogP contribution in [0, 0.1) is 0 Å². The first kappa shape index (κ1) is 15.1. The maximum Gasteiger partial charge on any atom is 0.242 e. The first-order valence-corrected chi connectivity index (χ1v) is 8.74.